The molecule has 0 aliphatic heterocycles. The maximum atomic E-state index is 12.8. The van der Waals surface area contributed by atoms with Crippen LogP contribution in [0.1, 0.15) is 278 Å². The first-order valence-electron chi connectivity index (χ1n) is 30.4. The van der Waals surface area contributed by atoms with Gasteiger partial charge in [-0.25, -0.2) is 0 Å². The number of ether oxygens (including phenoxy) is 3. The highest BCUT2D eigenvalue weighted by atomic mass is 16.6. The molecule has 416 valence electrons. The fourth-order valence-electron chi connectivity index (χ4n) is 8.26. The monoisotopic (exact) mass is 1010 g/mol. The van der Waals surface area contributed by atoms with Crippen LogP contribution >= 0.6 is 0 Å². The summed E-state index contributed by atoms with van der Waals surface area (Å²) in [6.07, 6.45) is 82.3. The molecule has 0 spiro atoms. The first-order chi connectivity index (χ1) is 36.0. The molecule has 1 atom stereocenters. The summed E-state index contributed by atoms with van der Waals surface area (Å²) in [6.45, 7) is 6.50. The third-order valence-corrected chi connectivity index (χ3v) is 12.8. The van der Waals surface area contributed by atoms with Crippen molar-refractivity contribution in [2.24, 2.45) is 0 Å². The Labute approximate surface area is 450 Å². The van der Waals surface area contributed by atoms with Crippen molar-refractivity contribution in [1.82, 2.24) is 0 Å². The minimum Gasteiger partial charge on any atom is -0.462 e. The molecule has 0 aliphatic rings. The number of allylic oxidation sites excluding steroid dienone is 18. The molecule has 1 unspecified atom stereocenters. The zero-order valence-corrected chi connectivity index (χ0v) is 47.6. The van der Waals surface area contributed by atoms with E-state index in [1.54, 1.807) is 0 Å². The standard InChI is InChI=1S/C67H112O6/c1-4-7-10-13-16-19-22-24-25-26-27-28-29-30-31-32-33-34-35-36-37-38-39-40-41-43-45-48-51-54-57-60-66(69)72-63-64(62-71-65(68)59-56-53-50-47-44-21-18-15-12-9-6-3)73-67(70)61-58-55-52-49-46-42-23-20-17-14-11-8-5-2/h7,10,16,19,24-25,27-28,30-31,33-34,36-37,39-40,43,45,64H,4-6,8-9,11-15,17-18,20-23,26,29,32,35,38,41-42,44,46-63H2,1-3H3/b10-7-,19-16-,25-24-,28-27-,31-30-,34-33-,37-36-,40-39-,45-43-. The van der Waals surface area contributed by atoms with Gasteiger partial charge in [0.1, 0.15) is 13.2 Å². The maximum Gasteiger partial charge on any atom is 0.306 e. The Balaban J connectivity index is 4.30. The summed E-state index contributed by atoms with van der Waals surface area (Å²) in [5.41, 5.74) is 0. The molecule has 0 rings (SSSR count). The Morgan fingerprint density at radius 1 is 0.288 bits per heavy atom. The molecule has 0 aromatic heterocycles. The van der Waals surface area contributed by atoms with Gasteiger partial charge in [-0.3, -0.25) is 14.4 Å². The number of unbranched alkanes of at least 4 members (excludes halogenated alkanes) is 25. The molecule has 0 saturated carbocycles. The van der Waals surface area contributed by atoms with Crippen molar-refractivity contribution >= 4 is 17.9 Å². The number of hydrogen-bond donors (Lipinski definition) is 0. The molecule has 0 aromatic rings. The topological polar surface area (TPSA) is 78.9 Å². The summed E-state index contributed by atoms with van der Waals surface area (Å²) in [4.78, 5) is 38.1. The molecule has 0 fully saturated rings. The van der Waals surface area contributed by atoms with E-state index in [9.17, 15) is 14.4 Å². The number of carbonyl (C=O) groups is 3. The Bertz CT molecular complexity index is 1490. The molecule has 0 amide bonds. The molecule has 0 aromatic carbocycles. The lowest BCUT2D eigenvalue weighted by molar-refractivity contribution is -0.167. The van der Waals surface area contributed by atoms with Gasteiger partial charge in [-0.05, 0) is 89.9 Å². The molecule has 0 bridgehead atoms. The molecule has 0 aliphatic carbocycles. The maximum absolute atomic E-state index is 12.8. The molecular formula is C67H112O6. The lowest BCUT2D eigenvalue weighted by Crippen LogP contribution is -2.30. The first kappa shape index (κ1) is 69.1. The normalized spacial score (nSPS) is 12.9. The van der Waals surface area contributed by atoms with Gasteiger partial charge in [-0.15, -0.1) is 0 Å². The van der Waals surface area contributed by atoms with E-state index in [0.29, 0.717) is 19.3 Å². The third-order valence-electron chi connectivity index (χ3n) is 12.8. The summed E-state index contributed by atoms with van der Waals surface area (Å²) in [5.74, 6) is -0.916. The summed E-state index contributed by atoms with van der Waals surface area (Å²) in [7, 11) is 0. The van der Waals surface area contributed by atoms with Crippen molar-refractivity contribution in [2.45, 2.75) is 284 Å². The Hall–Kier alpha value is -3.93. The zero-order valence-electron chi connectivity index (χ0n) is 47.6. The van der Waals surface area contributed by atoms with Crippen molar-refractivity contribution in [3.05, 3.63) is 109 Å². The van der Waals surface area contributed by atoms with Gasteiger partial charge in [0, 0.05) is 19.3 Å². The molecule has 0 N–H and O–H groups in total. The number of rotatable bonds is 54. The van der Waals surface area contributed by atoms with Crippen LogP contribution in [-0.4, -0.2) is 37.2 Å². The fraction of sp³-hybridized carbons (Fsp3) is 0.687. The van der Waals surface area contributed by atoms with E-state index >= 15 is 0 Å². The fourth-order valence-corrected chi connectivity index (χ4v) is 8.26. The first-order valence-corrected chi connectivity index (χ1v) is 30.4. The predicted molar refractivity (Wildman–Crippen MR) is 316 cm³/mol. The highest BCUT2D eigenvalue weighted by Crippen LogP contribution is 2.15. The van der Waals surface area contributed by atoms with Crippen LogP contribution in [0.15, 0.2) is 109 Å². The molecular weight excluding hydrogens is 901 g/mol. The zero-order chi connectivity index (χ0) is 52.9. The van der Waals surface area contributed by atoms with E-state index in [4.69, 9.17) is 14.2 Å². The van der Waals surface area contributed by atoms with Gasteiger partial charge in [-0.1, -0.05) is 278 Å². The minimum absolute atomic E-state index is 0.0855. The van der Waals surface area contributed by atoms with Gasteiger partial charge >= 0.3 is 17.9 Å². The van der Waals surface area contributed by atoms with Crippen molar-refractivity contribution in [2.75, 3.05) is 13.2 Å². The minimum atomic E-state index is -0.789. The van der Waals surface area contributed by atoms with Gasteiger partial charge in [0.15, 0.2) is 6.10 Å². The van der Waals surface area contributed by atoms with E-state index in [1.807, 2.05) is 0 Å². The van der Waals surface area contributed by atoms with E-state index in [1.165, 1.54) is 116 Å². The molecule has 6 nitrogen and oxygen atoms in total. The largest absolute Gasteiger partial charge is 0.462 e. The van der Waals surface area contributed by atoms with Gasteiger partial charge in [0.05, 0.1) is 0 Å². The van der Waals surface area contributed by atoms with Crippen LogP contribution in [0.3, 0.4) is 0 Å². The van der Waals surface area contributed by atoms with Gasteiger partial charge < -0.3 is 14.2 Å². The highest BCUT2D eigenvalue weighted by Gasteiger charge is 2.19. The highest BCUT2D eigenvalue weighted by molar-refractivity contribution is 5.71. The Morgan fingerprint density at radius 3 is 0.836 bits per heavy atom. The number of hydrogen-bond acceptors (Lipinski definition) is 6. The average Bonchev–Trinajstić information content (AvgIpc) is 3.39. The summed E-state index contributed by atoms with van der Waals surface area (Å²) >= 11 is 0. The second kappa shape index (κ2) is 60.6. The second-order valence-corrected chi connectivity index (χ2v) is 19.9. The second-order valence-electron chi connectivity index (χ2n) is 19.9. The van der Waals surface area contributed by atoms with Crippen LogP contribution in [-0.2, 0) is 28.6 Å². The van der Waals surface area contributed by atoms with E-state index in [0.717, 1.165) is 122 Å². The number of carbonyl (C=O) groups excluding carboxylic acids is 3. The lowest BCUT2D eigenvalue weighted by atomic mass is 10.0. The predicted octanol–water partition coefficient (Wildman–Crippen LogP) is 20.7. The van der Waals surface area contributed by atoms with Crippen molar-refractivity contribution in [1.29, 1.82) is 0 Å². The lowest BCUT2D eigenvalue weighted by Gasteiger charge is -2.18. The Kier molecular flexibility index (Phi) is 57.4. The van der Waals surface area contributed by atoms with E-state index in [-0.39, 0.29) is 31.1 Å². The van der Waals surface area contributed by atoms with Crippen LogP contribution in [0.2, 0.25) is 0 Å². The Morgan fingerprint density at radius 2 is 0.534 bits per heavy atom. The number of esters is 3. The summed E-state index contributed by atoms with van der Waals surface area (Å²) < 4.78 is 16.8. The third kappa shape index (κ3) is 58.8. The molecule has 0 saturated heterocycles. The average molecular weight is 1010 g/mol. The van der Waals surface area contributed by atoms with Gasteiger partial charge in [0.25, 0.3) is 0 Å². The van der Waals surface area contributed by atoms with Crippen LogP contribution in [0, 0.1) is 0 Å². The molecule has 73 heavy (non-hydrogen) atoms. The van der Waals surface area contributed by atoms with Crippen LogP contribution in [0.25, 0.3) is 0 Å². The smallest absolute Gasteiger partial charge is 0.306 e. The molecule has 0 heterocycles. The van der Waals surface area contributed by atoms with Crippen LogP contribution in [0.4, 0.5) is 0 Å². The van der Waals surface area contributed by atoms with Crippen molar-refractivity contribution in [3.8, 4) is 0 Å². The van der Waals surface area contributed by atoms with Gasteiger partial charge in [0.2, 0.25) is 0 Å². The molecule has 6 heteroatoms. The van der Waals surface area contributed by atoms with Gasteiger partial charge in [-0.2, -0.15) is 0 Å². The SMILES string of the molecule is CC/C=C\C/C=C\C/C=C\C/C=C\C/C=C\C/C=C\C/C=C\C/C=C\C/C=C\CCCCCC(=O)OCC(COC(=O)CCCCCCCCCCCCC)OC(=O)CCCCCCCCCCCCCCC. The molecule has 0 radical (unpaired) electrons. The van der Waals surface area contributed by atoms with Crippen LogP contribution < -0.4 is 0 Å². The van der Waals surface area contributed by atoms with Crippen molar-refractivity contribution in [3.63, 3.8) is 0 Å². The quantitative estimate of drug-likeness (QED) is 0.0261. The van der Waals surface area contributed by atoms with Crippen molar-refractivity contribution < 1.29 is 28.6 Å². The van der Waals surface area contributed by atoms with E-state index < -0.39 is 6.10 Å². The van der Waals surface area contributed by atoms with Crippen LogP contribution in [0.5, 0.6) is 0 Å². The van der Waals surface area contributed by atoms with E-state index in [2.05, 4.69) is 130 Å². The summed E-state index contributed by atoms with van der Waals surface area (Å²) in [5, 5.41) is 0. The summed E-state index contributed by atoms with van der Waals surface area (Å²) in [6, 6.07) is 0.